The maximum Gasteiger partial charge on any atom is 0.273 e. The Hall–Kier alpha value is -2.19. The summed E-state index contributed by atoms with van der Waals surface area (Å²) in [6, 6.07) is 5.93. The first-order chi connectivity index (χ1) is 10.6. The van der Waals surface area contributed by atoms with E-state index >= 15 is 0 Å². The molecule has 2 aromatic rings. The number of non-ortho nitro benzene ring substituents is 1. The molecule has 124 valence electrons. The first-order valence-corrected chi connectivity index (χ1v) is 7.06. The van der Waals surface area contributed by atoms with E-state index in [0.717, 1.165) is 25.7 Å². The number of hydrogen-bond acceptors (Lipinski definition) is 7. The van der Waals surface area contributed by atoms with Crippen molar-refractivity contribution in [1.29, 1.82) is 0 Å². The fraction of sp³-hybridized carbons (Fsp3) is 0.429. The number of halogens is 1. The molecule has 0 aliphatic heterocycles. The van der Waals surface area contributed by atoms with Crippen molar-refractivity contribution in [3.05, 3.63) is 46.1 Å². The highest BCUT2D eigenvalue weighted by molar-refractivity contribution is 5.85. The van der Waals surface area contributed by atoms with Crippen molar-refractivity contribution in [1.82, 2.24) is 10.1 Å². The van der Waals surface area contributed by atoms with Crippen molar-refractivity contribution >= 4 is 18.1 Å². The van der Waals surface area contributed by atoms with E-state index in [1.807, 2.05) is 0 Å². The normalized spacial score (nSPS) is 15.9. The van der Waals surface area contributed by atoms with Crippen LogP contribution in [-0.4, -0.2) is 15.1 Å². The SMILES string of the molecule is Cl.NC1(c2noc(COc3cccc([N+](=O)[O-])c3)n2)CCCC1. The third kappa shape index (κ3) is 3.77. The second-order valence-corrected chi connectivity index (χ2v) is 5.42. The molecule has 3 rings (SSSR count). The van der Waals surface area contributed by atoms with Crippen molar-refractivity contribution in [2.24, 2.45) is 5.73 Å². The van der Waals surface area contributed by atoms with Crippen molar-refractivity contribution in [2.45, 2.75) is 37.8 Å². The molecule has 2 N–H and O–H groups in total. The highest BCUT2D eigenvalue weighted by atomic mass is 35.5. The lowest BCUT2D eigenvalue weighted by atomic mass is 9.99. The first kappa shape index (κ1) is 17.2. The maximum atomic E-state index is 10.7. The second kappa shape index (κ2) is 6.93. The molecular formula is C14H17ClN4O4. The lowest BCUT2D eigenvalue weighted by Crippen LogP contribution is -2.34. The Morgan fingerprint density at radius 3 is 2.83 bits per heavy atom. The number of hydrogen-bond donors (Lipinski definition) is 1. The van der Waals surface area contributed by atoms with Crippen LogP contribution in [0.15, 0.2) is 28.8 Å². The van der Waals surface area contributed by atoms with E-state index in [4.69, 9.17) is 15.0 Å². The van der Waals surface area contributed by atoms with E-state index in [-0.39, 0.29) is 24.7 Å². The van der Waals surface area contributed by atoms with Gasteiger partial charge in [-0.15, -0.1) is 12.4 Å². The Morgan fingerprint density at radius 1 is 1.39 bits per heavy atom. The smallest absolute Gasteiger partial charge is 0.273 e. The number of nitro groups is 1. The van der Waals surface area contributed by atoms with Crippen molar-refractivity contribution in [3.63, 3.8) is 0 Å². The van der Waals surface area contributed by atoms with Crippen molar-refractivity contribution in [2.75, 3.05) is 0 Å². The fourth-order valence-corrected chi connectivity index (χ4v) is 2.58. The minimum Gasteiger partial charge on any atom is -0.484 e. The second-order valence-electron chi connectivity index (χ2n) is 5.42. The minimum absolute atomic E-state index is 0. The molecule has 1 heterocycles. The van der Waals surface area contributed by atoms with E-state index in [1.165, 1.54) is 12.1 Å². The summed E-state index contributed by atoms with van der Waals surface area (Å²) in [7, 11) is 0. The highest BCUT2D eigenvalue weighted by Crippen LogP contribution is 2.34. The van der Waals surface area contributed by atoms with E-state index in [9.17, 15) is 10.1 Å². The molecule has 23 heavy (non-hydrogen) atoms. The Bertz CT molecular complexity index is 685. The third-order valence-corrected chi connectivity index (χ3v) is 3.80. The highest BCUT2D eigenvalue weighted by Gasteiger charge is 2.35. The maximum absolute atomic E-state index is 10.7. The van der Waals surface area contributed by atoms with Crippen LogP contribution < -0.4 is 10.5 Å². The van der Waals surface area contributed by atoms with Gasteiger partial charge in [-0.05, 0) is 18.9 Å². The van der Waals surface area contributed by atoms with Crippen LogP contribution in [0, 0.1) is 10.1 Å². The van der Waals surface area contributed by atoms with Gasteiger partial charge in [0.15, 0.2) is 12.4 Å². The number of nitrogens with two attached hydrogens (primary N) is 1. The molecule has 0 saturated heterocycles. The summed E-state index contributed by atoms with van der Waals surface area (Å²) in [5, 5.41) is 14.6. The molecule has 0 radical (unpaired) electrons. The Labute approximate surface area is 138 Å². The van der Waals surface area contributed by atoms with Crippen LogP contribution in [0.5, 0.6) is 5.75 Å². The molecule has 1 fully saturated rings. The number of benzene rings is 1. The lowest BCUT2D eigenvalue weighted by Gasteiger charge is -2.17. The molecule has 1 aliphatic carbocycles. The van der Waals surface area contributed by atoms with E-state index < -0.39 is 10.5 Å². The number of nitro benzene ring substituents is 1. The van der Waals surface area contributed by atoms with Crippen LogP contribution in [0.1, 0.15) is 37.4 Å². The molecular weight excluding hydrogens is 324 g/mol. The van der Waals surface area contributed by atoms with Gasteiger partial charge in [0, 0.05) is 6.07 Å². The molecule has 9 heteroatoms. The number of aromatic nitrogens is 2. The molecule has 1 aromatic carbocycles. The van der Waals surface area contributed by atoms with Crippen LogP contribution in [0.2, 0.25) is 0 Å². The molecule has 8 nitrogen and oxygen atoms in total. The van der Waals surface area contributed by atoms with Gasteiger partial charge in [-0.25, -0.2) is 0 Å². The number of ether oxygens (including phenoxy) is 1. The molecule has 0 bridgehead atoms. The Morgan fingerprint density at radius 2 is 2.13 bits per heavy atom. The molecule has 0 amide bonds. The van der Waals surface area contributed by atoms with E-state index in [0.29, 0.717) is 17.5 Å². The molecule has 0 atom stereocenters. The largest absolute Gasteiger partial charge is 0.484 e. The summed E-state index contributed by atoms with van der Waals surface area (Å²) in [5.41, 5.74) is 5.71. The number of rotatable bonds is 5. The van der Waals surface area contributed by atoms with Gasteiger partial charge in [-0.2, -0.15) is 4.98 Å². The summed E-state index contributed by atoms with van der Waals surface area (Å²) in [6.45, 7) is 0.0459. The molecule has 0 unspecified atom stereocenters. The molecule has 1 saturated carbocycles. The quantitative estimate of drug-likeness (QED) is 0.656. The van der Waals surface area contributed by atoms with Gasteiger partial charge in [0.1, 0.15) is 5.75 Å². The summed E-state index contributed by atoms with van der Waals surface area (Å²) in [4.78, 5) is 14.5. The monoisotopic (exact) mass is 340 g/mol. The summed E-state index contributed by atoms with van der Waals surface area (Å²) in [6.07, 6.45) is 3.81. The van der Waals surface area contributed by atoms with E-state index in [1.54, 1.807) is 12.1 Å². The van der Waals surface area contributed by atoms with Gasteiger partial charge in [0.2, 0.25) is 0 Å². The van der Waals surface area contributed by atoms with Crippen LogP contribution in [0.4, 0.5) is 5.69 Å². The topological polar surface area (TPSA) is 117 Å². The zero-order valence-corrected chi connectivity index (χ0v) is 13.1. The van der Waals surface area contributed by atoms with Gasteiger partial charge < -0.3 is 15.0 Å². The Kier molecular flexibility index (Phi) is 5.17. The van der Waals surface area contributed by atoms with Gasteiger partial charge in [0.25, 0.3) is 11.6 Å². The van der Waals surface area contributed by atoms with Crippen LogP contribution in [0.25, 0.3) is 0 Å². The zero-order valence-electron chi connectivity index (χ0n) is 12.3. The van der Waals surface area contributed by atoms with Crippen LogP contribution >= 0.6 is 12.4 Å². The van der Waals surface area contributed by atoms with Gasteiger partial charge >= 0.3 is 0 Å². The lowest BCUT2D eigenvalue weighted by molar-refractivity contribution is -0.384. The van der Waals surface area contributed by atoms with Gasteiger partial charge in [0.05, 0.1) is 16.5 Å². The first-order valence-electron chi connectivity index (χ1n) is 7.06. The van der Waals surface area contributed by atoms with Crippen molar-refractivity contribution in [3.8, 4) is 5.75 Å². The van der Waals surface area contributed by atoms with Crippen molar-refractivity contribution < 1.29 is 14.2 Å². The Balaban J connectivity index is 0.00000192. The predicted molar refractivity (Wildman–Crippen MR) is 83.3 cm³/mol. The average molecular weight is 341 g/mol. The molecule has 1 aromatic heterocycles. The number of nitrogens with zero attached hydrogens (tertiary/aromatic N) is 3. The molecule has 1 aliphatic rings. The fourth-order valence-electron chi connectivity index (χ4n) is 2.58. The average Bonchev–Trinajstić information content (AvgIpc) is 3.15. The summed E-state index contributed by atoms with van der Waals surface area (Å²) >= 11 is 0. The van der Waals surface area contributed by atoms with Crippen LogP contribution in [-0.2, 0) is 12.1 Å². The zero-order chi connectivity index (χ0) is 15.6. The minimum atomic E-state index is -0.507. The summed E-state index contributed by atoms with van der Waals surface area (Å²) in [5.74, 6) is 1.18. The van der Waals surface area contributed by atoms with Crippen LogP contribution in [0.3, 0.4) is 0 Å². The molecule has 0 spiro atoms. The standard InChI is InChI=1S/C14H16N4O4.ClH/c15-14(6-1-2-7-14)13-16-12(22-17-13)9-21-11-5-3-4-10(8-11)18(19)20;/h3-5,8H,1-2,6-7,9,15H2;1H. The van der Waals surface area contributed by atoms with Gasteiger partial charge in [-0.3, -0.25) is 10.1 Å². The van der Waals surface area contributed by atoms with E-state index in [2.05, 4.69) is 10.1 Å². The summed E-state index contributed by atoms with van der Waals surface area (Å²) < 4.78 is 10.6. The van der Waals surface area contributed by atoms with Gasteiger partial charge in [-0.1, -0.05) is 24.1 Å². The predicted octanol–water partition coefficient (Wildman–Crippen LogP) is 2.71. The third-order valence-electron chi connectivity index (χ3n) is 3.80.